The van der Waals surface area contributed by atoms with Crippen molar-refractivity contribution in [1.82, 2.24) is 14.9 Å². The maximum atomic E-state index is 5.44. The number of aromatic amines is 1. The molecule has 0 aliphatic carbocycles. The maximum absolute atomic E-state index is 5.44. The van der Waals surface area contributed by atoms with E-state index >= 15 is 0 Å². The second kappa shape index (κ2) is 8.71. The highest BCUT2D eigenvalue weighted by Crippen LogP contribution is 2.40. The van der Waals surface area contributed by atoms with E-state index in [9.17, 15) is 0 Å². The number of methoxy groups -OCH3 is 3. The molecule has 1 aromatic heterocycles. The van der Waals surface area contributed by atoms with E-state index in [1.54, 1.807) is 44.4 Å². The lowest BCUT2D eigenvalue weighted by molar-refractivity contribution is 0.324. The Hall–Kier alpha value is -3.13. The third kappa shape index (κ3) is 4.38. The van der Waals surface area contributed by atoms with Gasteiger partial charge in [0.1, 0.15) is 0 Å². The third-order valence-corrected chi connectivity index (χ3v) is 4.94. The van der Waals surface area contributed by atoms with Crippen LogP contribution >= 0.6 is 12.2 Å². The van der Waals surface area contributed by atoms with Crippen LogP contribution in [0.15, 0.2) is 41.5 Å². The van der Waals surface area contributed by atoms with Gasteiger partial charge in [-0.05, 0) is 40.9 Å². The molecule has 7 nitrogen and oxygen atoms in total. The van der Waals surface area contributed by atoms with Crippen LogP contribution in [0.5, 0.6) is 17.2 Å². The predicted molar refractivity (Wildman–Crippen MR) is 121 cm³/mol. The van der Waals surface area contributed by atoms with Crippen LogP contribution in [-0.2, 0) is 5.41 Å². The Bertz CT molecular complexity index is 1080. The van der Waals surface area contributed by atoms with Crippen molar-refractivity contribution in [2.75, 3.05) is 21.3 Å². The minimum atomic E-state index is 0.0996. The van der Waals surface area contributed by atoms with Crippen molar-refractivity contribution in [3.63, 3.8) is 0 Å². The summed E-state index contributed by atoms with van der Waals surface area (Å²) in [5.41, 5.74) is 3.04. The van der Waals surface area contributed by atoms with E-state index in [0.29, 0.717) is 27.8 Å². The smallest absolute Gasteiger partial charge is 0.216 e. The van der Waals surface area contributed by atoms with Crippen molar-refractivity contribution in [2.45, 2.75) is 26.2 Å². The molecule has 2 aromatic carbocycles. The monoisotopic (exact) mass is 426 g/mol. The molecule has 0 fully saturated rings. The summed E-state index contributed by atoms with van der Waals surface area (Å²) in [6.07, 6.45) is 1.75. The predicted octanol–water partition coefficient (Wildman–Crippen LogP) is 4.81. The van der Waals surface area contributed by atoms with Gasteiger partial charge < -0.3 is 14.2 Å². The average molecular weight is 427 g/mol. The number of nitrogens with zero attached hydrogens (tertiary/aromatic N) is 3. The van der Waals surface area contributed by atoms with E-state index in [1.807, 2.05) is 12.1 Å². The molecule has 3 rings (SSSR count). The number of rotatable bonds is 6. The van der Waals surface area contributed by atoms with Crippen LogP contribution in [0.25, 0.3) is 11.4 Å². The van der Waals surface area contributed by atoms with Gasteiger partial charge in [-0.2, -0.15) is 14.9 Å². The number of nitrogens with one attached hydrogen (secondary N) is 1. The van der Waals surface area contributed by atoms with Crippen LogP contribution in [-0.4, -0.2) is 42.4 Å². The quantitative estimate of drug-likeness (QED) is 0.452. The lowest BCUT2D eigenvalue weighted by Gasteiger charge is -2.18. The number of ether oxygens (including phenoxy) is 3. The molecule has 0 atom stereocenters. The largest absolute Gasteiger partial charge is 0.493 e. The number of hydrogen-bond acceptors (Lipinski definition) is 6. The molecule has 30 heavy (non-hydrogen) atoms. The highest BCUT2D eigenvalue weighted by molar-refractivity contribution is 7.71. The number of H-pyrrole nitrogens is 1. The summed E-state index contributed by atoms with van der Waals surface area (Å²) in [7, 11) is 4.69. The van der Waals surface area contributed by atoms with Crippen LogP contribution in [0.3, 0.4) is 0 Å². The van der Waals surface area contributed by atoms with Crippen LogP contribution in [0.1, 0.15) is 31.9 Å². The fourth-order valence-corrected chi connectivity index (χ4v) is 3.17. The van der Waals surface area contributed by atoms with E-state index in [0.717, 1.165) is 11.1 Å². The lowest BCUT2D eigenvalue weighted by atomic mass is 9.87. The van der Waals surface area contributed by atoms with E-state index < -0.39 is 0 Å². The van der Waals surface area contributed by atoms with Gasteiger partial charge in [0.05, 0.1) is 27.5 Å². The standard InChI is InChI=1S/C22H26N4O3S/c1-22(2,3)16-9-7-14(8-10-16)13-23-26-20(24-25-21(26)30)15-11-17(27-4)19(29-6)18(12-15)28-5/h7-13H,1-6H3,(H,25,30)/b23-13-. The Morgan fingerprint density at radius 2 is 1.60 bits per heavy atom. The second-order valence-corrected chi connectivity index (χ2v) is 8.08. The van der Waals surface area contributed by atoms with E-state index in [2.05, 4.69) is 48.2 Å². The van der Waals surface area contributed by atoms with Gasteiger partial charge in [-0.3, -0.25) is 0 Å². The molecule has 1 N–H and O–H groups in total. The minimum Gasteiger partial charge on any atom is -0.493 e. The molecule has 0 saturated heterocycles. The van der Waals surface area contributed by atoms with Crippen LogP contribution in [0.2, 0.25) is 0 Å². The van der Waals surface area contributed by atoms with E-state index in [-0.39, 0.29) is 5.41 Å². The zero-order valence-corrected chi connectivity index (χ0v) is 18.8. The fraction of sp³-hybridized carbons (Fsp3) is 0.318. The molecule has 0 bridgehead atoms. The first kappa shape index (κ1) is 21.6. The molecule has 0 spiro atoms. The third-order valence-electron chi connectivity index (χ3n) is 4.67. The van der Waals surface area contributed by atoms with Gasteiger partial charge in [0.15, 0.2) is 17.3 Å². The summed E-state index contributed by atoms with van der Waals surface area (Å²) < 4.78 is 18.2. The van der Waals surface area contributed by atoms with Crippen LogP contribution in [0.4, 0.5) is 0 Å². The van der Waals surface area contributed by atoms with E-state index in [4.69, 9.17) is 26.4 Å². The van der Waals surface area contributed by atoms with Crippen molar-refractivity contribution in [1.29, 1.82) is 0 Å². The van der Waals surface area contributed by atoms with Crippen LogP contribution in [0, 0.1) is 4.77 Å². The van der Waals surface area contributed by atoms with Gasteiger partial charge in [0, 0.05) is 5.56 Å². The minimum absolute atomic E-state index is 0.0996. The Kier molecular flexibility index (Phi) is 6.26. The highest BCUT2D eigenvalue weighted by Gasteiger charge is 2.17. The molecule has 8 heteroatoms. The molecule has 3 aromatic rings. The first-order valence-electron chi connectivity index (χ1n) is 9.41. The summed E-state index contributed by atoms with van der Waals surface area (Å²) in [6.45, 7) is 6.56. The Morgan fingerprint density at radius 1 is 1.00 bits per heavy atom. The molecule has 0 saturated carbocycles. The molecule has 0 aliphatic rings. The van der Waals surface area contributed by atoms with E-state index in [1.165, 1.54) is 5.56 Å². The highest BCUT2D eigenvalue weighted by atomic mass is 32.1. The first-order valence-corrected chi connectivity index (χ1v) is 9.82. The Labute approximate surface area is 181 Å². The molecule has 0 aliphatic heterocycles. The van der Waals surface area contributed by atoms with Crippen molar-refractivity contribution in [2.24, 2.45) is 5.10 Å². The van der Waals surface area contributed by atoms with Gasteiger partial charge in [-0.25, -0.2) is 5.10 Å². The number of benzene rings is 2. The fourth-order valence-electron chi connectivity index (χ4n) is 2.99. The normalized spacial score (nSPS) is 11.7. The molecule has 1 heterocycles. The summed E-state index contributed by atoms with van der Waals surface area (Å²) in [5, 5.41) is 11.7. The number of hydrogen-bond donors (Lipinski definition) is 1. The van der Waals surface area contributed by atoms with Crippen molar-refractivity contribution < 1.29 is 14.2 Å². The van der Waals surface area contributed by atoms with Crippen molar-refractivity contribution in [3.8, 4) is 28.6 Å². The van der Waals surface area contributed by atoms with Gasteiger partial charge in [-0.15, -0.1) is 0 Å². The SMILES string of the molecule is COc1cc(-c2n[nH]c(=S)n2/N=C\c2ccc(C(C)(C)C)cc2)cc(OC)c1OC. The first-order chi connectivity index (χ1) is 14.3. The van der Waals surface area contributed by atoms with Crippen LogP contribution < -0.4 is 14.2 Å². The molecule has 158 valence electrons. The second-order valence-electron chi connectivity index (χ2n) is 7.69. The molecule has 0 radical (unpaired) electrons. The topological polar surface area (TPSA) is 73.7 Å². The van der Waals surface area contributed by atoms with Gasteiger partial charge in [0.25, 0.3) is 0 Å². The molecule has 0 unspecified atom stereocenters. The molecular weight excluding hydrogens is 400 g/mol. The zero-order chi connectivity index (χ0) is 21.9. The molecule has 0 amide bonds. The van der Waals surface area contributed by atoms with Gasteiger partial charge in [-0.1, -0.05) is 45.0 Å². The van der Waals surface area contributed by atoms with Gasteiger partial charge >= 0.3 is 0 Å². The lowest BCUT2D eigenvalue weighted by Crippen LogP contribution is -2.10. The summed E-state index contributed by atoms with van der Waals surface area (Å²) in [4.78, 5) is 0. The van der Waals surface area contributed by atoms with Crippen molar-refractivity contribution >= 4 is 18.4 Å². The summed E-state index contributed by atoms with van der Waals surface area (Å²) in [6, 6.07) is 11.9. The summed E-state index contributed by atoms with van der Waals surface area (Å²) >= 11 is 5.37. The Balaban J connectivity index is 2.00. The Morgan fingerprint density at radius 3 is 2.10 bits per heavy atom. The average Bonchev–Trinajstić information content (AvgIpc) is 3.11. The molecular formula is C22H26N4O3S. The maximum Gasteiger partial charge on any atom is 0.216 e. The zero-order valence-electron chi connectivity index (χ0n) is 18.0. The van der Waals surface area contributed by atoms with Crippen molar-refractivity contribution in [3.05, 3.63) is 52.3 Å². The van der Waals surface area contributed by atoms with Gasteiger partial charge in [0.2, 0.25) is 10.5 Å². The summed E-state index contributed by atoms with van der Waals surface area (Å²) in [5.74, 6) is 2.08. The number of aromatic nitrogens is 3.